The quantitative estimate of drug-likeness (QED) is 0.703. The highest BCUT2D eigenvalue weighted by molar-refractivity contribution is 5.85. The van der Waals surface area contributed by atoms with Crippen LogP contribution in [0.5, 0.6) is 0 Å². The van der Waals surface area contributed by atoms with Crippen molar-refractivity contribution in [2.45, 2.75) is 32.1 Å². The average molecular weight is 314 g/mol. The Morgan fingerprint density at radius 1 is 1.26 bits per heavy atom. The number of hydrogen-bond acceptors (Lipinski definition) is 3. The second kappa shape index (κ2) is 13.0. The van der Waals surface area contributed by atoms with Crippen molar-refractivity contribution in [1.82, 2.24) is 15.5 Å². The van der Waals surface area contributed by atoms with E-state index in [1.54, 1.807) is 0 Å². The molecule has 1 rings (SSSR count). The van der Waals surface area contributed by atoms with Crippen LogP contribution in [0.2, 0.25) is 0 Å². The molecule has 1 amide bonds. The molecule has 0 aromatic carbocycles. The van der Waals surface area contributed by atoms with E-state index < -0.39 is 0 Å². The van der Waals surface area contributed by atoms with E-state index in [4.69, 9.17) is 0 Å². The molecule has 0 radical (unpaired) electrons. The molecular formula is C13H29Cl2N3O. The van der Waals surface area contributed by atoms with Crippen LogP contribution in [-0.2, 0) is 4.79 Å². The minimum Gasteiger partial charge on any atom is -0.356 e. The molecule has 0 aromatic rings. The van der Waals surface area contributed by atoms with Gasteiger partial charge in [-0.3, -0.25) is 4.79 Å². The van der Waals surface area contributed by atoms with Crippen LogP contribution in [0.3, 0.4) is 0 Å². The maximum atomic E-state index is 11.6. The molecule has 19 heavy (non-hydrogen) atoms. The predicted octanol–water partition coefficient (Wildman–Crippen LogP) is 1.68. The van der Waals surface area contributed by atoms with E-state index in [0.717, 1.165) is 44.9 Å². The van der Waals surface area contributed by atoms with Crippen molar-refractivity contribution >= 4 is 30.7 Å². The first kappa shape index (κ1) is 21.3. The Morgan fingerprint density at radius 2 is 1.89 bits per heavy atom. The molecule has 0 unspecified atom stereocenters. The number of nitrogens with zero attached hydrogens (tertiary/aromatic N) is 1. The molecule has 0 spiro atoms. The van der Waals surface area contributed by atoms with Crippen LogP contribution >= 0.6 is 24.8 Å². The Kier molecular flexibility index (Phi) is 14.5. The van der Waals surface area contributed by atoms with Gasteiger partial charge < -0.3 is 15.5 Å². The van der Waals surface area contributed by atoms with Crippen LogP contribution in [0.15, 0.2) is 0 Å². The van der Waals surface area contributed by atoms with E-state index in [1.807, 2.05) is 0 Å². The zero-order chi connectivity index (χ0) is 12.5. The van der Waals surface area contributed by atoms with Gasteiger partial charge in [-0.1, -0.05) is 0 Å². The summed E-state index contributed by atoms with van der Waals surface area (Å²) in [5.41, 5.74) is 0. The molecule has 1 saturated heterocycles. The molecule has 2 N–H and O–H groups in total. The number of piperidine rings is 1. The Bertz CT molecular complexity index is 222. The molecule has 1 aliphatic heterocycles. The highest BCUT2D eigenvalue weighted by Crippen LogP contribution is 2.17. The van der Waals surface area contributed by atoms with Gasteiger partial charge in [-0.25, -0.2) is 0 Å². The number of halogens is 2. The van der Waals surface area contributed by atoms with Crippen molar-refractivity contribution < 1.29 is 4.79 Å². The van der Waals surface area contributed by atoms with Crippen LogP contribution in [0.25, 0.3) is 0 Å². The third-order valence-electron chi connectivity index (χ3n) is 3.34. The van der Waals surface area contributed by atoms with Crippen molar-refractivity contribution in [2.24, 2.45) is 5.92 Å². The maximum absolute atomic E-state index is 11.6. The molecule has 1 fully saturated rings. The van der Waals surface area contributed by atoms with E-state index in [2.05, 4.69) is 29.6 Å². The van der Waals surface area contributed by atoms with Gasteiger partial charge in [0.15, 0.2) is 0 Å². The van der Waals surface area contributed by atoms with Crippen molar-refractivity contribution in [3.63, 3.8) is 0 Å². The van der Waals surface area contributed by atoms with Crippen molar-refractivity contribution in [1.29, 1.82) is 0 Å². The zero-order valence-electron chi connectivity index (χ0n) is 12.1. The van der Waals surface area contributed by atoms with Crippen molar-refractivity contribution in [2.75, 3.05) is 40.3 Å². The summed E-state index contributed by atoms with van der Waals surface area (Å²) in [4.78, 5) is 13.7. The highest BCUT2D eigenvalue weighted by Gasteiger charge is 2.14. The van der Waals surface area contributed by atoms with Crippen LogP contribution in [-0.4, -0.2) is 51.1 Å². The van der Waals surface area contributed by atoms with Gasteiger partial charge in [-0.05, 0) is 65.3 Å². The molecule has 4 nitrogen and oxygen atoms in total. The second-order valence-electron chi connectivity index (χ2n) is 5.24. The predicted molar refractivity (Wildman–Crippen MR) is 85.5 cm³/mol. The van der Waals surface area contributed by atoms with E-state index >= 15 is 0 Å². The summed E-state index contributed by atoms with van der Waals surface area (Å²) in [6, 6.07) is 0. The lowest BCUT2D eigenvalue weighted by molar-refractivity contribution is -0.121. The van der Waals surface area contributed by atoms with Gasteiger partial charge in [-0.15, -0.1) is 24.8 Å². The van der Waals surface area contributed by atoms with E-state index in [1.165, 1.54) is 12.8 Å². The molecular weight excluding hydrogens is 285 g/mol. The molecule has 1 heterocycles. The topological polar surface area (TPSA) is 44.4 Å². The Hall–Kier alpha value is -0.0300. The number of nitrogens with one attached hydrogen (secondary N) is 2. The number of carbonyl (C=O) groups excluding carboxylic acids is 1. The molecule has 0 aromatic heterocycles. The lowest BCUT2D eigenvalue weighted by Gasteiger charge is -2.22. The standard InChI is InChI=1S/C13H27N3O.2ClH/c1-16(2)11-3-8-15-13(17)5-4-12-6-9-14-10-7-12;;/h12,14H,3-11H2,1-2H3,(H,15,17);2*1H. The van der Waals surface area contributed by atoms with Gasteiger partial charge in [0, 0.05) is 13.0 Å². The van der Waals surface area contributed by atoms with Gasteiger partial charge >= 0.3 is 0 Å². The first-order chi connectivity index (χ1) is 8.18. The van der Waals surface area contributed by atoms with Gasteiger partial charge in [0.05, 0.1) is 0 Å². The lowest BCUT2D eigenvalue weighted by atomic mass is 9.93. The van der Waals surface area contributed by atoms with Gasteiger partial charge in [-0.2, -0.15) is 0 Å². The SMILES string of the molecule is CN(C)CCCNC(=O)CCC1CCNCC1.Cl.Cl. The zero-order valence-corrected chi connectivity index (χ0v) is 13.7. The van der Waals surface area contributed by atoms with Gasteiger partial charge in [0.25, 0.3) is 0 Å². The maximum Gasteiger partial charge on any atom is 0.220 e. The first-order valence-electron chi connectivity index (χ1n) is 6.80. The molecule has 0 saturated carbocycles. The minimum absolute atomic E-state index is 0. The molecule has 0 aliphatic carbocycles. The Morgan fingerprint density at radius 3 is 2.47 bits per heavy atom. The molecule has 6 heteroatoms. The summed E-state index contributed by atoms with van der Waals surface area (Å²) in [6.07, 6.45) is 5.25. The van der Waals surface area contributed by atoms with Crippen LogP contribution in [0.1, 0.15) is 32.1 Å². The van der Waals surface area contributed by atoms with Crippen molar-refractivity contribution in [3.8, 4) is 0 Å². The molecule has 1 aliphatic rings. The third kappa shape index (κ3) is 11.5. The lowest BCUT2D eigenvalue weighted by Crippen LogP contribution is -2.30. The van der Waals surface area contributed by atoms with E-state index in [-0.39, 0.29) is 30.7 Å². The fraction of sp³-hybridized carbons (Fsp3) is 0.923. The minimum atomic E-state index is 0. The van der Waals surface area contributed by atoms with E-state index in [0.29, 0.717) is 6.42 Å². The Balaban J connectivity index is 0. The fourth-order valence-electron chi connectivity index (χ4n) is 2.22. The van der Waals surface area contributed by atoms with Crippen LogP contribution < -0.4 is 10.6 Å². The number of rotatable bonds is 7. The molecule has 0 bridgehead atoms. The largest absolute Gasteiger partial charge is 0.356 e. The smallest absolute Gasteiger partial charge is 0.220 e. The monoisotopic (exact) mass is 313 g/mol. The average Bonchev–Trinajstić information content (AvgIpc) is 2.33. The van der Waals surface area contributed by atoms with Gasteiger partial charge in [0.1, 0.15) is 0 Å². The third-order valence-corrected chi connectivity index (χ3v) is 3.34. The summed E-state index contributed by atoms with van der Waals surface area (Å²) in [5.74, 6) is 0.978. The summed E-state index contributed by atoms with van der Waals surface area (Å²) in [6.45, 7) is 4.09. The summed E-state index contributed by atoms with van der Waals surface area (Å²) in [7, 11) is 4.11. The van der Waals surface area contributed by atoms with Crippen LogP contribution in [0, 0.1) is 5.92 Å². The molecule has 116 valence electrons. The van der Waals surface area contributed by atoms with E-state index in [9.17, 15) is 4.79 Å². The summed E-state index contributed by atoms with van der Waals surface area (Å²) >= 11 is 0. The number of hydrogen-bond donors (Lipinski definition) is 2. The first-order valence-corrected chi connectivity index (χ1v) is 6.80. The fourth-order valence-corrected chi connectivity index (χ4v) is 2.22. The van der Waals surface area contributed by atoms with Crippen LogP contribution in [0.4, 0.5) is 0 Å². The van der Waals surface area contributed by atoms with Crippen molar-refractivity contribution in [3.05, 3.63) is 0 Å². The Labute approximate surface area is 129 Å². The number of amides is 1. The summed E-state index contributed by atoms with van der Waals surface area (Å²) < 4.78 is 0. The normalized spacial score (nSPS) is 15.5. The molecule has 0 atom stereocenters. The second-order valence-corrected chi connectivity index (χ2v) is 5.24. The number of carbonyl (C=O) groups is 1. The summed E-state index contributed by atoms with van der Waals surface area (Å²) in [5, 5.41) is 6.35. The highest BCUT2D eigenvalue weighted by atomic mass is 35.5. The van der Waals surface area contributed by atoms with Gasteiger partial charge in [0.2, 0.25) is 5.91 Å².